The van der Waals surface area contributed by atoms with Crippen LogP contribution < -0.4 is 10.2 Å². The molecule has 2 amide bonds. The number of pyridine rings is 1. The van der Waals surface area contributed by atoms with E-state index in [1.165, 1.54) is 16.7 Å². The van der Waals surface area contributed by atoms with E-state index in [2.05, 4.69) is 17.2 Å². The van der Waals surface area contributed by atoms with Crippen molar-refractivity contribution in [1.29, 1.82) is 0 Å². The summed E-state index contributed by atoms with van der Waals surface area (Å²) in [5.41, 5.74) is 3.77. The Kier molecular flexibility index (Phi) is 4.64. The SMILES string of the molecule is CCc1ccc(N2C(=O)C3=C(C2=O)C(c2ccccn2)Nc2ccccc2S3)cc1. The summed E-state index contributed by atoms with van der Waals surface area (Å²) in [5.74, 6) is -0.591. The maximum atomic E-state index is 13.6. The lowest BCUT2D eigenvalue weighted by Gasteiger charge is -2.22. The molecule has 3 heterocycles. The number of nitrogens with one attached hydrogen (secondary N) is 1. The third-order valence-electron chi connectivity index (χ3n) is 5.35. The van der Waals surface area contributed by atoms with Crippen molar-refractivity contribution in [3.63, 3.8) is 0 Å². The van der Waals surface area contributed by atoms with Gasteiger partial charge in [-0.1, -0.05) is 49.0 Å². The highest BCUT2D eigenvalue weighted by Crippen LogP contribution is 2.47. The Morgan fingerprint density at radius 2 is 1.73 bits per heavy atom. The zero-order valence-electron chi connectivity index (χ0n) is 16.3. The van der Waals surface area contributed by atoms with Gasteiger partial charge in [-0.2, -0.15) is 0 Å². The summed E-state index contributed by atoms with van der Waals surface area (Å²) in [7, 11) is 0. The fraction of sp³-hybridized carbons (Fsp3) is 0.125. The molecule has 30 heavy (non-hydrogen) atoms. The summed E-state index contributed by atoms with van der Waals surface area (Å²) in [6.07, 6.45) is 2.60. The molecule has 0 saturated heterocycles. The normalized spacial score (nSPS) is 18.0. The van der Waals surface area contributed by atoms with Gasteiger partial charge in [0.1, 0.15) is 6.04 Å². The number of carbonyl (C=O) groups excluding carboxylic acids is 2. The van der Waals surface area contributed by atoms with Crippen molar-refractivity contribution >= 4 is 35.0 Å². The zero-order chi connectivity index (χ0) is 20.7. The molecule has 0 spiro atoms. The lowest BCUT2D eigenvalue weighted by molar-refractivity contribution is -0.120. The van der Waals surface area contributed by atoms with Gasteiger partial charge < -0.3 is 5.32 Å². The highest BCUT2D eigenvalue weighted by atomic mass is 32.2. The fourth-order valence-corrected chi connectivity index (χ4v) is 4.87. The Morgan fingerprint density at radius 3 is 2.47 bits per heavy atom. The summed E-state index contributed by atoms with van der Waals surface area (Å²) < 4.78 is 0. The Morgan fingerprint density at radius 1 is 0.967 bits per heavy atom. The second-order valence-electron chi connectivity index (χ2n) is 7.14. The molecule has 2 aliphatic rings. The molecule has 1 N–H and O–H groups in total. The van der Waals surface area contributed by atoms with E-state index in [1.54, 1.807) is 6.20 Å². The second kappa shape index (κ2) is 7.46. The van der Waals surface area contributed by atoms with Gasteiger partial charge in [-0.3, -0.25) is 14.6 Å². The van der Waals surface area contributed by atoms with E-state index < -0.39 is 6.04 Å². The van der Waals surface area contributed by atoms with Crippen LogP contribution in [-0.4, -0.2) is 16.8 Å². The van der Waals surface area contributed by atoms with Crippen molar-refractivity contribution in [3.8, 4) is 0 Å². The Bertz CT molecular complexity index is 1170. The first-order valence-electron chi connectivity index (χ1n) is 9.83. The van der Waals surface area contributed by atoms with Crippen LogP contribution in [0.4, 0.5) is 11.4 Å². The third kappa shape index (κ3) is 3.00. The Labute approximate surface area is 178 Å². The number of aryl methyl sites for hydroxylation is 1. The minimum Gasteiger partial charge on any atom is -0.372 e. The van der Waals surface area contributed by atoms with Crippen LogP contribution in [0.2, 0.25) is 0 Å². The van der Waals surface area contributed by atoms with Crippen LogP contribution >= 0.6 is 11.8 Å². The van der Waals surface area contributed by atoms with Crippen LogP contribution in [0, 0.1) is 0 Å². The predicted molar refractivity (Wildman–Crippen MR) is 118 cm³/mol. The number of nitrogens with zero attached hydrogens (tertiary/aromatic N) is 2. The van der Waals surface area contributed by atoms with Crippen molar-refractivity contribution < 1.29 is 9.59 Å². The average Bonchev–Trinajstić information content (AvgIpc) is 2.93. The van der Waals surface area contributed by atoms with Gasteiger partial charge in [0.25, 0.3) is 11.8 Å². The molecule has 148 valence electrons. The number of aromatic nitrogens is 1. The summed E-state index contributed by atoms with van der Waals surface area (Å²) in [6, 6.07) is 20.4. The molecular weight excluding hydrogens is 394 g/mol. The first-order valence-corrected chi connectivity index (χ1v) is 10.6. The number of imide groups is 1. The monoisotopic (exact) mass is 413 g/mol. The first kappa shape index (κ1) is 18.6. The number of thioether (sulfide) groups is 1. The standard InChI is InChI=1S/C24H19N3O2S/c1-2-15-10-12-16(13-11-15)27-23(28)20-21(18-8-5-6-14-25-18)26-17-7-3-4-9-19(17)30-22(20)24(27)29/h3-14,21,26H,2H2,1H3. The Hall–Kier alpha value is -3.38. The topological polar surface area (TPSA) is 62.3 Å². The minimum atomic E-state index is -0.506. The van der Waals surface area contributed by atoms with Gasteiger partial charge in [0, 0.05) is 16.8 Å². The smallest absolute Gasteiger partial charge is 0.272 e. The molecule has 0 aliphatic carbocycles. The summed E-state index contributed by atoms with van der Waals surface area (Å²) in [4.78, 5) is 34.1. The van der Waals surface area contributed by atoms with Crippen LogP contribution in [-0.2, 0) is 16.0 Å². The first-order chi connectivity index (χ1) is 14.7. The molecule has 1 unspecified atom stereocenters. The van der Waals surface area contributed by atoms with Gasteiger partial charge in [-0.15, -0.1) is 0 Å². The van der Waals surface area contributed by atoms with Crippen LogP contribution in [0.3, 0.4) is 0 Å². The van der Waals surface area contributed by atoms with E-state index in [0.717, 1.165) is 22.6 Å². The lowest BCUT2D eigenvalue weighted by Crippen LogP contribution is -2.33. The molecule has 0 radical (unpaired) electrons. The van der Waals surface area contributed by atoms with Crippen LogP contribution in [0.15, 0.2) is 88.3 Å². The van der Waals surface area contributed by atoms with Crippen molar-refractivity contribution in [2.75, 3.05) is 10.2 Å². The van der Waals surface area contributed by atoms with E-state index in [1.807, 2.05) is 66.7 Å². The molecular formula is C24H19N3O2S. The maximum absolute atomic E-state index is 13.6. The molecule has 0 bridgehead atoms. The van der Waals surface area contributed by atoms with E-state index >= 15 is 0 Å². The molecule has 1 aromatic heterocycles. The van der Waals surface area contributed by atoms with Crippen LogP contribution in [0.5, 0.6) is 0 Å². The third-order valence-corrected chi connectivity index (χ3v) is 6.52. The van der Waals surface area contributed by atoms with Crippen LogP contribution in [0.25, 0.3) is 0 Å². The van der Waals surface area contributed by atoms with E-state index in [9.17, 15) is 9.59 Å². The highest BCUT2D eigenvalue weighted by molar-refractivity contribution is 8.04. The minimum absolute atomic E-state index is 0.288. The van der Waals surface area contributed by atoms with Gasteiger partial charge in [0.2, 0.25) is 0 Å². The molecule has 2 aromatic carbocycles. The van der Waals surface area contributed by atoms with Gasteiger partial charge in [-0.25, -0.2) is 4.90 Å². The average molecular weight is 414 g/mol. The number of hydrogen-bond donors (Lipinski definition) is 1. The number of anilines is 2. The predicted octanol–water partition coefficient (Wildman–Crippen LogP) is 4.73. The fourth-order valence-electron chi connectivity index (χ4n) is 3.78. The number of benzene rings is 2. The number of amides is 2. The van der Waals surface area contributed by atoms with Gasteiger partial charge >= 0.3 is 0 Å². The van der Waals surface area contributed by atoms with Crippen molar-refractivity contribution in [2.24, 2.45) is 0 Å². The van der Waals surface area contributed by atoms with Gasteiger partial charge in [0.05, 0.1) is 21.9 Å². The van der Waals surface area contributed by atoms with Crippen molar-refractivity contribution in [1.82, 2.24) is 4.98 Å². The molecule has 1 atom stereocenters. The summed E-state index contributed by atoms with van der Waals surface area (Å²) >= 11 is 1.34. The van der Waals surface area contributed by atoms with E-state index in [-0.39, 0.29) is 11.8 Å². The molecule has 6 heteroatoms. The molecule has 0 fully saturated rings. The summed E-state index contributed by atoms with van der Waals surface area (Å²) in [5, 5.41) is 3.45. The van der Waals surface area contributed by atoms with Crippen LogP contribution in [0.1, 0.15) is 24.2 Å². The lowest BCUT2D eigenvalue weighted by atomic mass is 10.0. The second-order valence-corrected chi connectivity index (χ2v) is 8.19. The number of rotatable bonds is 3. The number of hydrogen-bond acceptors (Lipinski definition) is 5. The Balaban J connectivity index is 1.63. The molecule has 2 aliphatic heterocycles. The number of para-hydroxylation sites is 1. The maximum Gasteiger partial charge on any atom is 0.272 e. The van der Waals surface area contributed by atoms with E-state index in [4.69, 9.17) is 0 Å². The van der Waals surface area contributed by atoms with E-state index in [0.29, 0.717) is 21.9 Å². The number of fused-ring (bicyclic) bond motifs is 1. The zero-order valence-corrected chi connectivity index (χ0v) is 17.1. The quantitative estimate of drug-likeness (QED) is 0.629. The van der Waals surface area contributed by atoms with Crippen molar-refractivity contribution in [3.05, 3.63) is 94.7 Å². The number of carbonyl (C=O) groups is 2. The molecule has 5 rings (SSSR count). The van der Waals surface area contributed by atoms with Gasteiger partial charge in [0.15, 0.2) is 0 Å². The molecule has 0 saturated carbocycles. The van der Waals surface area contributed by atoms with Gasteiger partial charge in [-0.05, 0) is 48.4 Å². The summed E-state index contributed by atoms with van der Waals surface area (Å²) in [6.45, 7) is 2.07. The molecule has 5 nitrogen and oxygen atoms in total. The largest absolute Gasteiger partial charge is 0.372 e. The highest BCUT2D eigenvalue weighted by Gasteiger charge is 2.45. The van der Waals surface area contributed by atoms with Crippen molar-refractivity contribution in [2.45, 2.75) is 24.3 Å². The molecule has 3 aromatic rings.